The van der Waals surface area contributed by atoms with E-state index in [1.54, 1.807) is 13.8 Å². The minimum atomic E-state index is -1.10. The molecule has 1 aliphatic rings. The van der Waals surface area contributed by atoms with E-state index in [-0.39, 0.29) is 13.2 Å². The summed E-state index contributed by atoms with van der Waals surface area (Å²) in [6, 6.07) is 8.18. The van der Waals surface area contributed by atoms with E-state index >= 15 is 0 Å². The van der Waals surface area contributed by atoms with Crippen molar-refractivity contribution in [2.75, 3.05) is 6.61 Å². The van der Waals surface area contributed by atoms with Gasteiger partial charge >= 0.3 is 12.1 Å². The molecule has 1 atom stereocenters. The molecule has 0 aromatic heterocycles. The van der Waals surface area contributed by atoms with E-state index in [1.807, 2.05) is 30.3 Å². The summed E-state index contributed by atoms with van der Waals surface area (Å²) in [6.45, 7) is 3.33. The molecule has 0 spiro atoms. The van der Waals surface area contributed by atoms with E-state index in [9.17, 15) is 9.59 Å². The maximum Gasteiger partial charge on any atom is 0.413 e. The molecule has 1 N–H and O–H groups in total. The van der Waals surface area contributed by atoms with Crippen LogP contribution < -0.4 is 0 Å². The van der Waals surface area contributed by atoms with Crippen molar-refractivity contribution < 1.29 is 24.2 Å². The molecular weight excluding hydrogens is 262 g/mol. The first-order valence-corrected chi connectivity index (χ1v) is 6.28. The molecule has 108 valence electrons. The van der Waals surface area contributed by atoms with Crippen molar-refractivity contribution in [1.82, 2.24) is 4.90 Å². The second-order valence-corrected chi connectivity index (χ2v) is 5.02. The molecule has 0 bridgehead atoms. The van der Waals surface area contributed by atoms with Crippen molar-refractivity contribution in [2.45, 2.75) is 32.2 Å². The van der Waals surface area contributed by atoms with Gasteiger partial charge in [0.2, 0.25) is 0 Å². The predicted octanol–water partition coefficient (Wildman–Crippen LogP) is 1.84. The van der Waals surface area contributed by atoms with Crippen LogP contribution in [0.3, 0.4) is 0 Å². The number of rotatable bonds is 3. The molecule has 1 aliphatic heterocycles. The highest BCUT2D eigenvalue weighted by Gasteiger charge is 2.48. The lowest BCUT2D eigenvalue weighted by molar-refractivity contribution is -0.142. The van der Waals surface area contributed by atoms with Crippen molar-refractivity contribution in [3.8, 4) is 0 Å². The molecule has 1 saturated heterocycles. The average molecular weight is 279 g/mol. The first kappa shape index (κ1) is 14.3. The summed E-state index contributed by atoms with van der Waals surface area (Å²) >= 11 is 0. The van der Waals surface area contributed by atoms with Gasteiger partial charge in [-0.25, -0.2) is 9.59 Å². The number of carboxylic acids is 1. The molecule has 0 aliphatic carbocycles. The standard InChI is InChI=1S/C14H17NO5/c1-14(2)15(11(9-20-14)12(16)17)13(18)19-8-10-6-4-3-5-7-10/h3-7,11H,8-9H2,1-2H3,(H,16,17). The molecule has 6 heteroatoms. The number of aliphatic carboxylic acids is 1. The van der Waals surface area contributed by atoms with E-state index in [4.69, 9.17) is 14.6 Å². The zero-order chi connectivity index (χ0) is 14.8. The molecule has 1 aromatic rings. The smallest absolute Gasteiger partial charge is 0.413 e. The monoisotopic (exact) mass is 279 g/mol. The number of hydrogen-bond acceptors (Lipinski definition) is 4. The van der Waals surface area contributed by atoms with Crippen LogP contribution in [0.4, 0.5) is 4.79 Å². The molecule has 1 heterocycles. The van der Waals surface area contributed by atoms with Gasteiger partial charge in [-0.1, -0.05) is 30.3 Å². The topological polar surface area (TPSA) is 76.1 Å². The van der Waals surface area contributed by atoms with Gasteiger partial charge in [-0.2, -0.15) is 0 Å². The molecule has 1 fully saturated rings. The molecule has 6 nitrogen and oxygen atoms in total. The van der Waals surface area contributed by atoms with Gasteiger partial charge in [0.1, 0.15) is 12.3 Å². The summed E-state index contributed by atoms with van der Waals surface area (Å²) in [7, 11) is 0. The van der Waals surface area contributed by atoms with Gasteiger partial charge in [-0.05, 0) is 19.4 Å². The third kappa shape index (κ3) is 2.91. The van der Waals surface area contributed by atoms with Gasteiger partial charge in [-0.15, -0.1) is 0 Å². The van der Waals surface area contributed by atoms with Gasteiger partial charge < -0.3 is 14.6 Å². The Balaban J connectivity index is 2.04. The molecular formula is C14H17NO5. The van der Waals surface area contributed by atoms with Crippen LogP contribution in [0.1, 0.15) is 19.4 Å². The van der Waals surface area contributed by atoms with Gasteiger partial charge in [0.25, 0.3) is 0 Å². The molecule has 20 heavy (non-hydrogen) atoms. The Morgan fingerprint density at radius 2 is 2.05 bits per heavy atom. The van der Waals surface area contributed by atoms with Crippen LogP contribution in [0.25, 0.3) is 0 Å². The summed E-state index contributed by atoms with van der Waals surface area (Å²) in [4.78, 5) is 24.4. The lowest BCUT2D eigenvalue weighted by Crippen LogP contribution is -2.50. The van der Waals surface area contributed by atoms with Crippen molar-refractivity contribution in [3.63, 3.8) is 0 Å². The van der Waals surface area contributed by atoms with Gasteiger partial charge in [0, 0.05) is 0 Å². The molecule has 0 radical (unpaired) electrons. The third-order valence-corrected chi connectivity index (χ3v) is 3.17. The average Bonchev–Trinajstić information content (AvgIpc) is 2.73. The highest BCUT2D eigenvalue weighted by atomic mass is 16.6. The maximum absolute atomic E-state index is 12.1. The number of ether oxygens (including phenoxy) is 2. The maximum atomic E-state index is 12.1. The zero-order valence-electron chi connectivity index (χ0n) is 11.4. The van der Waals surface area contributed by atoms with Gasteiger partial charge in [0.05, 0.1) is 6.61 Å². The fraction of sp³-hybridized carbons (Fsp3) is 0.429. The highest BCUT2D eigenvalue weighted by Crippen LogP contribution is 2.28. The number of nitrogens with zero attached hydrogens (tertiary/aromatic N) is 1. The Morgan fingerprint density at radius 1 is 1.40 bits per heavy atom. The van der Waals surface area contributed by atoms with E-state index in [0.717, 1.165) is 10.5 Å². The normalized spacial score (nSPS) is 20.7. The van der Waals surface area contributed by atoms with E-state index in [0.29, 0.717) is 0 Å². The van der Waals surface area contributed by atoms with Crippen LogP contribution in [-0.2, 0) is 20.9 Å². The first-order chi connectivity index (χ1) is 9.42. The van der Waals surface area contributed by atoms with Crippen LogP contribution in [-0.4, -0.2) is 40.4 Å². The predicted molar refractivity (Wildman–Crippen MR) is 69.9 cm³/mol. The molecule has 2 rings (SSSR count). The summed E-state index contributed by atoms with van der Waals surface area (Å²) in [6.07, 6.45) is -0.691. The van der Waals surface area contributed by atoms with Crippen molar-refractivity contribution in [3.05, 3.63) is 35.9 Å². The Labute approximate surface area is 116 Å². The van der Waals surface area contributed by atoms with Crippen LogP contribution in [0.5, 0.6) is 0 Å². The Kier molecular flexibility index (Phi) is 3.94. The molecule has 0 saturated carbocycles. The lowest BCUT2D eigenvalue weighted by atomic mass is 10.2. The van der Waals surface area contributed by atoms with E-state index < -0.39 is 23.8 Å². The highest BCUT2D eigenvalue weighted by molar-refractivity contribution is 5.81. The number of benzene rings is 1. The Hall–Kier alpha value is -2.08. The van der Waals surface area contributed by atoms with Crippen LogP contribution in [0.15, 0.2) is 30.3 Å². The zero-order valence-corrected chi connectivity index (χ0v) is 11.4. The first-order valence-electron chi connectivity index (χ1n) is 6.28. The van der Waals surface area contributed by atoms with Crippen molar-refractivity contribution >= 4 is 12.1 Å². The summed E-state index contributed by atoms with van der Waals surface area (Å²) in [5.41, 5.74) is -0.151. The van der Waals surface area contributed by atoms with E-state index in [1.165, 1.54) is 0 Å². The SMILES string of the molecule is CC1(C)OCC(C(=O)O)N1C(=O)OCc1ccccc1. The van der Waals surface area contributed by atoms with Crippen LogP contribution >= 0.6 is 0 Å². The second kappa shape index (κ2) is 5.50. The Morgan fingerprint density at radius 3 is 2.65 bits per heavy atom. The Bertz CT molecular complexity index is 500. The fourth-order valence-electron chi connectivity index (χ4n) is 2.12. The van der Waals surface area contributed by atoms with Crippen LogP contribution in [0.2, 0.25) is 0 Å². The molecule has 1 unspecified atom stereocenters. The van der Waals surface area contributed by atoms with E-state index in [2.05, 4.69) is 0 Å². The lowest BCUT2D eigenvalue weighted by Gasteiger charge is -2.31. The van der Waals surface area contributed by atoms with Gasteiger partial charge in [-0.3, -0.25) is 4.90 Å². The number of amides is 1. The summed E-state index contributed by atoms with van der Waals surface area (Å²) in [5.74, 6) is -1.10. The largest absolute Gasteiger partial charge is 0.480 e. The number of carboxylic acid groups (broad SMARTS) is 1. The quantitative estimate of drug-likeness (QED) is 0.913. The fourth-order valence-corrected chi connectivity index (χ4v) is 2.12. The second-order valence-electron chi connectivity index (χ2n) is 5.02. The minimum Gasteiger partial charge on any atom is -0.480 e. The summed E-state index contributed by atoms with van der Waals surface area (Å²) < 4.78 is 10.5. The minimum absolute atomic E-state index is 0.0389. The van der Waals surface area contributed by atoms with Gasteiger partial charge in [0.15, 0.2) is 6.04 Å². The van der Waals surface area contributed by atoms with Crippen molar-refractivity contribution in [2.24, 2.45) is 0 Å². The van der Waals surface area contributed by atoms with Crippen molar-refractivity contribution in [1.29, 1.82) is 0 Å². The number of carbonyl (C=O) groups is 2. The molecule has 1 aromatic carbocycles. The number of carbonyl (C=O) groups excluding carboxylic acids is 1. The third-order valence-electron chi connectivity index (χ3n) is 3.17. The number of hydrogen-bond donors (Lipinski definition) is 1. The summed E-state index contributed by atoms with van der Waals surface area (Å²) in [5, 5.41) is 9.12. The van der Waals surface area contributed by atoms with Crippen LogP contribution in [0, 0.1) is 0 Å². The molecule has 1 amide bonds.